The topological polar surface area (TPSA) is 42.2 Å². The van der Waals surface area contributed by atoms with Gasteiger partial charge in [0, 0.05) is 18.9 Å². The van der Waals surface area contributed by atoms with Crippen LogP contribution >= 0.6 is 15.9 Å². The first-order chi connectivity index (χ1) is 7.84. The zero-order chi connectivity index (χ0) is 11.0. The van der Waals surface area contributed by atoms with E-state index in [9.17, 15) is 0 Å². The quantitative estimate of drug-likeness (QED) is 0.869. The average Bonchev–Trinajstić information content (AvgIpc) is 2.72. The number of halogens is 1. The predicted octanol–water partition coefficient (Wildman–Crippen LogP) is 1.96. The highest BCUT2D eigenvalue weighted by atomic mass is 79.9. The lowest BCUT2D eigenvalue weighted by Crippen LogP contribution is -2.28. The van der Waals surface area contributed by atoms with Gasteiger partial charge in [-0.3, -0.25) is 0 Å². The third kappa shape index (κ3) is 1.74. The minimum Gasteiger partial charge on any atom is -0.316 e. The van der Waals surface area contributed by atoms with Crippen LogP contribution in [0.4, 0.5) is 0 Å². The normalized spacial score (nSPS) is 21.4. The average molecular weight is 281 g/mol. The van der Waals surface area contributed by atoms with E-state index in [0.717, 1.165) is 23.2 Å². The molecule has 1 aliphatic rings. The molecule has 3 rings (SSSR count). The Morgan fingerprint density at radius 3 is 3.19 bits per heavy atom. The second-order valence-electron chi connectivity index (χ2n) is 4.19. The first kappa shape index (κ1) is 10.2. The summed E-state index contributed by atoms with van der Waals surface area (Å²) < 4.78 is 2.79. The molecular weight excluding hydrogens is 268 g/mol. The summed E-state index contributed by atoms with van der Waals surface area (Å²) in [5, 5.41) is 7.68. The van der Waals surface area contributed by atoms with Crippen molar-refractivity contribution in [2.45, 2.75) is 18.8 Å². The first-order valence-electron chi connectivity index (χ1n) is 5.54. The highest BCUT2D eigenvalue weighted by molar-refractivity contribution is 9.10. The second kappa shape index (κ2) is 4.14. The van der Waals surface area contributed by atoms with Crippen molar-refractivity contribution in [1.29, 1.82) is 0 Å². The van der Waals surface area contributed by atoms with Crippen molar-refractivity contribution in [3.05, 3.63) is 28.6 Å². The molecule has 5 heteroatoms. The lowest BCUT2D eigenvalue weighted by atomic mass is 9.94. The van der Waals surface area contributed by atoms with E-state index in [1.54, 1.807) is 6.20 Å². The molecule has 0 radical (unpaired) electrons. The number of rotatable bonds is 1. The summed E-state index contributed by atoms with van der Waals surface area (Å²) in [6.45, 7) is 2.19. The largest absolute Gasteiger partial charge is 0.316 e. The molecule has 3 heterocycles. The van der Waals surface area contributed by atoms with E-state index in [0.29, 0.717) is 5.92 Å². The smallest absolute Gasteiger partial charge is 0.169 e. The number of nitrogens with one attached hydrogen (secondary N) is 1. The third-order valence-electron chi connectivity index (χ3n) is 3.10. The van der Waals surface area contributed by atoms with Gasteiger partial charge in [0.15, 0.2) is 5.65 Å². The molecule has 0 amide bonds. The van der Waals surface area contributed by atoms with Crippen LogP contribution in [-0.4, -0.2) is 27.7 Å². The molecule has 16 heavy (non-hydrogen) atoms. The van der Waals surface area contributed by atoms with Crippen LogP contribution in [0.3, 0.4) is 0 Å². The van der Waals surface area contributed by atoms with Crippen LogP contribution in [0.15, 0.2) is 23.1 Å². The van der Waals surface area contributed by atoms with Crippen molar-refractivity contribution in [1.82, 2.24) is 19.9 Å². The molecule has 0 bridgehead atoms. The van der Waals surface area contributed by atoms with Gasteiger partial charge in [0.05, 0.1) is 10.7 Å². The molecular formula is C11H13BrN4. The van der Waals surface area contributed by atoms with E-state index in [2.05, 4.69) is 37.5 Å². The molecule has 0 aromatic carbocycles. The molecule has 4 nitrogen and oxygen atoms in total. The molecule has 0 aliphatic carbocycles. The van der Waals surface area contributed by atoms with Crippen LogP contribution in [-0.2, 0) is 0 Å². The van der Waals surface area contributed by atoms with Crippen LogP contribution in [0, 0.1) is 0 Å². The minimum atomic E-state index is 0.577. The number of hydrogen-bond donors (Lipinski definition) is 1. The lowest BCUT2D eigenvalue weighted by Gasteiger charge is -2.22. The summed E-state index contributed by atoms with van der Waals surface area (Å²) >= 11 is 3.43. The summed E-state index contributed by atoms with van der Waals surface area (Å²) in [7, 11) is 0. The molecule has 1 unspecified atom stereocenters. The van der Waals surface area contributed by atoms with Gasteiger partial charge in [-0.25, -0.2) is 9.50 Å². The summed E-state index contributed by atoms with van der Waals surface area (Å²) in [5.41, 5.74) is 2.16. The van der Waals surface area contributed by atoms with Gasteiger partial charge in [0.1, 0.15) is 0 Å². The Morgan fingerprint density at radius 1 is 1.44 bits per heavy atom. The Balaban J connectivity index is 1.97. The van der Waals surface area contributed by atoms with Crippen molar-refractivity contribution < 1.29 is 0 Å². The molecule has 0 spiro atoms. The van der Waals surface area contributed by atoms with Crippen LogP contribution in [0.25, 0.3) is 5.65 Å². The van der Waals surface area contributed by atoms with Gasteiger partial charge in [-0.2, -0.15) is 5.10 Å². The zero-order valence-corrected chi connectivity index (χ0v) is 10.4. The fraction of sp³-hybridized carbons (Fsp3) is 0.455. The maximum atomic E-state index is 4.44. The van der Waals surface area contributed by atoms with E-state index in [4.69, 9.17) is 0 Å². The maximum Gasteiger partial charge on any atom is 0.169 e. The SMILES string of the molecule is Brc1cnn2cc(C3CCCNC3)cnc12. The Labute approximate surface area is 102 Å². The van der Waals surface area contributed by atoms with E-state index in [-0.39, 0.29) is 0 Å². The Morgan fingerprint density at radius 2 is 2.38 bits per heavy atom. The van der Waals surface area contributed by atoms with Gasteiger partial charge < -0.3 is 5.32 Å². The Kier molecular flexibility index (Phi) is 2.65. The highest BCUT2D eigenvalue weighted by Crippen LogP contribution is 2.23. The molecule has 1 N–H and O–H groups in total. The van der Waals surface area contributed by atoms with E-state index in [1.165, 1.54) is 18.4 Å². The Hall–Kier alpha value is -0.940. The third-order valence-corrected chi connectivity index (χ3v) is 3.66. The molecule has 2 aromatic heterocycles. The van der Waals surface area contributed by atoms with Crippen LogP contribution < -0.4 is 5.32 Å². The fourth-order valence-corrected chi connectivity index (χ4v) is 2.58. The number of piperidine rings is 1. The van der Waals surface area contributed by atoms with Crippen molar-refractivity contribution in [2.75, 3.05) is 13.1 Å². The molecule has 1 saturated heterocycles. The van der Waals surface area contributed by atoms with E-state index >= 15 is 0 Å². The predicted molar refractivity (Wildman–Crippen MR) is 65.5 cm³/mol. The van der Waals surface area contributed by atoms with Crippen molar-refractivity contribution in [3.8, 4) is 0 Å². The summed E-state index contributed by atoms with van der Waals surface area (Å²) in [5.74, 6) is 0.577. The summed E-state index contributed by atoms with van der Waals surface area (Å²) in [6.07, 6.45) is 8.32. The molecule has 1 aliphatic heterocycles. The summed E-state index contributed by atoms with van der Waals surface area (Å²) in [6, 6.07) is 0. The molecule has 2 aromatic rings. The first-order valence-corrected chi connectivity index (χ1v) is 6.33. The minimum absolute atomic E-state index is 0.577. The highest BCUT2D eigenvalue weighted by Gasteiger charge is 2.16. The van der Waals surface area contributed by atoms with Crippen LogP contribution in [0.2, 0.25) is 0 Å². The number of hydrogen-bond acceptors (Lipinski definition) is 3. The van der Waals surface area contributed by atoms with E-state index in [1.807, 2.05) is 10.7 Å². The lowest BCUT2D eigenvalue weighted by molar-refractivity contribution is 0.459. The van der Waals surface area contributed by atoms with Gasteiger partial charge in [-0.05, 0) is 46.8 Å². The Bertz CT molecular complexity index is 502. The van der Waals surface area contributed by atoms with E-state index < -0.39 is 0 Å². The number of nitrogens with zero attached hydrogens (tertiary/aromatic N) is 3. The van der Waals surface area contributed by atoms with Gasteiger partial charge in [0.2, 0.25) is 0 Å². The standard InChI is InChI=1S/C11H13BrN4/c12-10-6-15-16-7-9(5-14-11(10)16)8-2-1-3-13-4-8/h5-8,13H,1-4H2. The maximum absolute atomic E-state index is 4.44. The van der Waals surface area contributed by atoms with Crippen molar-refractivity contribution in [3.63, 3.8) is 0 Å². The van der Waals surface area contributed by atoms with Crippen LogP contribution in [0.1, 0.15) is 24.3 Å². The van der Waals surface area contributed by atoms with Crippen molar-refractivity contribution >= 4 is 21.6 Å². The van der Waals surface area contributed by atoms with Crippen molar-refractivity contribution in [2.24, 2.45) is 0 Å². The van der Waals surface area contributed by atoms with Gasteiger partial charge in [0.25, 0.3) is 0 Å². The van der Waals surface area contributed by atoms with Gasteiger partial charge in [-0.15, -0.1) is 0 Å². The molecule has 84 valence electrons. The van der Waals surface area contributed by atoms with Gasteiger partial charge in [-0.1, -0.05) is 0 Å². The number of fused-ring (bicyclic) bond motifs is 1. The molecule has 1 atom stereocenters. The second-order valence-corrected chi connectivity index (χ2v) is 5.05. The molecule has 1 fully saturated rings. The van der Waals surface area contributed by atoms with Crippen LogP contribution in [0.5, 0.6) is 0 Å². The number of aromatic nitrogens is 3. The molecule has 0 saturated carbocycles. The fourth-order valence-electron chi connectivity index (χ4n) is 2.21. The summed E-state index contributed by atoms with van der Waals surface area (Å²) in [4.78, 5) is 4.44. The zero-order valence-electron chi connectivity index (χ0n) is 8.86. The monoisotopic (exact) mass is 280 g/mol. The van der Waals surface area contributed by atoms with Gasteiger partial charge >= 0.3 is 0 Å².